The fourth-order valence-corrected chi connectivity index (χ4v) is 2.03. The third kappa shape index (κ3) is 2.79. The molecule has 0 aromatic heterocycles. The zero-order valence-electron chi connectivity index (χ0n) is 7.26. The second-order valence-corrected chi connectivity index (χ2v) is 4.62. The highest BCUT2D eigenvalue weighted by molar-refractivity contribution is 14.1. The van der Waals surface area contributed by atoms with Gasteiger partial charge in [-0.05, 0) is 40.8 Å². The van der Waals surface area contributed by atoms with Crippen LogP contribution in [0.3, 0.4) is 0 Å². The highest BCUT2D eigenvalue weighted by Crippen LogP contribution is 2.16. The molecule has 1 aromatic rings. The Balaban J connectivity index is 3.07. The summed E-state index contributed by atoms with van der Waals surface area (Å²) in [6.45, 7) is 0. The maximum absolute atomic E-state index is 11.6. The van der Waals surface area contributed by atoms with Crippen LogP contribution < -0.4 is 0 Å². The van der Waals surface area contributed by atoms with E-state index in [0.717, 1.165) is 3.57 Å². The van der Waals surface area contributed by atoms with Crippen LogP contribution in [0.1, 0.15) is 22.3 Å². The number of carbonyl (C=O) groups is 1. The van der Waals surface area contributed by atoms with Crippen molar-refractivity contribution in [3.05, 3.63) is 32.9 Å². The summed E-state index contributed by atoms with van der Waals surface area (Å²) in [5.41, 5.74) is 1.17. The average Bonchev–Trinajstić information content (AvgIpc) is 2.19. The van der Waals surface area contributed by atoms with Crippen LogP contribution in [0.15, 0.2) is 18.2 Å². The summed E-state index contributed by atoms with van der Waals surface area (Å²) in [5.74, 6) is 0.0726. The molecule has 0 aliphatic heterocycles. The first-order valence-corrected chi connectivity index (χ1v) is 6.18. The van der Waals surface area contributed by atoms with E-state index in [2.05, 4.69) is 38.5 Å². The van der Waals surface area contributed by atoms with Crippen molar-refractivity contribution in [3.8, 4) is 6.07 Å². The van der Waals surface area contributed by atoms with E-state index in [1.54, 1.807) is 18.2 Å². The predicted molar refractivity (Wildman–Crippen MR) is 66.6 cm³/mol. The van der Waals surface area contributed by atoms with Gasteiger partial charge in [-0.3, -0.25) is 4.79 Å². The number of rotatable bonds is 3. The molecule has 72 valence electrons. The number of Topliss-reactive ketones (excluding diaryl/α,β-unsaturated/α-hetero) is 1. The maximum Gasteiger partial charge on any atom is 0.164 e. The first kappa shape index (κ1) is 11.7. The molecule has 0 aliphatic carbocycles. The number of benzene rings is 1. The van der Waals surface area contributed by atoms with Crippen molar-refractivity contribution in [3.63, 3.8) is 0 Å². The van der Waals surface area contributed by atoms with Gasteiger partial charge in [-0.15, -0.1) is 0 Å². The van der Waals surface area contributed by atoms with Gasteiger partial charge in [0.25, 0.3) is 0 Å². The molecule has 2 nitrogen and oxygen atoms in total. The lowest BCUT2D eigenvalue weighted by Gasteiger charge is -2.02. The van der Waals surface area contributed by atoms with Gasteiger partial charge in [0, 0.05) is 20.9 Å². The van der Waals surface area contributed by atoms with Crippen LogP contribution in [0.25, 0.3) is 0 Å². The molecule has 1 rings (SSSR count). The fraction of sp³-hybridized carbons (Fsp3) is 0.200. The van der Waals surface area contributed by atoms with Gasteiger partial charge < -0.3 is 0 Å². The SMILES string of the molecule is N#Cc1ccc(I)c(C(=O)CCBr)c1. The molecule has 0 atom stereocenters. The second kappa shape index (κ2) is 5.47. The number of halogens is 2. The van der Waals surface area contributed by atoms with E-state index in [4.69, 9.17) is 5.26 Å². The number of carbonyl (C=O) groups excluding carboxylic acids is 1. The summed E-state index contributed by atoms with van der Waals surface area (Å²) in [6.07, 6.45) is 0.463. The third-order valence-electron chi connectivity index (χ3n) is 1.72. The predicted octanol–water partition coefficient (Wildman–Crippen LogP) is 3.13. The largest absolute Gasteiger partial charge is 0.294 e. The number of hydrogen-bond donors (Lipinski definition) is 0. The lowest BCUT2D eigenvalue weighted by Crippen LogP contribution is -2.02. The minimum atomic E-state index is 0.0726. The molecular weight excluding hydrogens is 357 g/mol. The number of hydrogen-bond acceptors (Lipinski definition) is 2. The molecule has 0 amide bonds. The highest BCUT2D eigenvalue weighted by Gasteiger charge is 2.09. The number of alkyl halides is 1. The van der Waals surface area contributed by atoms with Crippen LogP contribution >= 0.6 is 38.5 Å². The van der Waals surface area contributed by atoms with Crippen LogP contribution in [-0.2, 0) is 0 Å². The molecule has 0 unspecified atom stereocenters. The molecule has 0 saturated carbocycles. The van der Waals surface area contributed by atoms with Crippen molar-refractivity contribution in [2.45, 2.75) is 6.42 Å². The van der Waals surface area contributed by atoms with E-state index in [0.29, 0.717) is 22.9 Å². The molecule has 4 heteroatoms. The van der Waals surface area contributed by atoms with Crippen molar-refractivity contribution in [1.29, 1.82) is 5.26 Å². The molecule has 1 aromatic carbocycles. The van der Waals surface area contributed by atoms with Gasteiger partial charge in [-0.1, -0.05) is 15.9 Å². The molecule has 14 heavy (non-hydrogen) atoms. The standard InChI is InChI=1S/C10H7BrINO/c11-4-3-10(14)8-5-7(6-13)1-2-9(8)12/h1-2,5H,3-4H2. The Morgan fingerprint density at radius 2 is 2.29 bits per heavy atom. The zero-order chi connectivity index (χ0) is 10.6. The van der Waals surface area contributed by atoms with Crippen LogP contribution in [0, 0.1) is 14.9 Å². The first-order valence-electron chi connectivity index (χ1n) is 3.98. The molecule has 0 aliphatic rings. The van der Waals surface area contributed by atoms with E-state index in [9.17, 15) is 4.79 Å². The van der Waals surface area contributed by atoms with E-state index in [1.165, 1.54) is 0 Å². The average molecular weight is 364 g/mol. The summed E-state index contributed by atoms with van der Waals surface area (Å²) in [5, 5.41) is 9.34. The zero-order valence-corrected chi connectivity index (χ0v) is 11.0. The normalized spacial score (nSPS) is 9.50. The van der Waals surface area contributed by atoms with Crippen molar-refractivity contribution < 1.29 is 4.79 Å². The maximum atomic E-state index is 11.6. The summed E-state index contributed by atoms with van der Waals surface area (Å²) in [4.78, 5) is 11.6. The van der Waals surface area contributed by atoms with E-state index in [1.807, 2.05) is 6.07 Å². The molecule has 0 bridgehead atoms. The van der Waals surface area contributed by atoms with Crippen LogP contribution in [0.4, 0.5) is 0 Å². The van der Waals surface area contributed by atoms with Gasteiger partial charge in [-0.2, -0.15) is 5.26 Å². The lowest BCUT2D eigenvalue weighted by atomic mass is 10.1. The topological polar surface area (TPSA) is 40.9 Å². The van der Waals surface area contributed by atoms with Crippen molar-refractivity contribution in [2.75, 3.05) is 5.33 Å². The van der Waals surface area contributed by atoms with Gasteiger partial charge in [0.2, 0.25) is 0 Å². The molecule has 0 fully saturated rings. The minimum absolute atomic E-state index is 0.0726. The fourth-order valence-electron chi connectivity index (χ4n) is 1.03. The molecule has 0 saturated heterocycles. The van der Waals surface area contributed by atoms with Gasteiger partial charge >= 0.3 is 0 Å². The van der Waals surface area contributed by atoms with Crippen LogP contribution in [0.2, 0.25) is 0 Å². The Morgan fingerprint density at radius 3 is 2.86 bits per heavy atom. The van der Waals surface area contributed by atoms with Crippen LogP contribution in [-0.4, -0.2) is 11.1 Å². The quantitative estimate of drug-likeness (QED) is 0.470. The summed E-state index contributed by atoms with van der Waals surface area (Å²) in [6, 6.07) is 7.18. The molecule has 0 spiro atoms. The van der Waals surface area contributed by atoms with Gasteiger partial charge in [0.15, 0.2) is 5.78 Å². The molecule has 0 N–H and O–H groups in total. The Labute approximate surface area is 105 Å². The summed E-state index contributed by atoms with van der Waals surface area (Å²) >= 11 is 5.32. The Morgan fingerprint density at radius 1 is 1.57 bits per heavy atom. The minimum Gasteiger partial charge on any atom is -0.294 e. The van der Waals surface area contributed by atoms with Crippen LogP contribution in [0.5, 0.6) is 0 Å². The Bertz CT molecular complexity index is 398. The van der Waals surface area contributed by atoms with Crippen molar-refractivity contribution in [2.24, 2.45) is 0 Å². The number of nitrogens with zero attached hydrogens (tertiary/aromatic N) is 1. The van der Waals surface area contributed by atoms with E-state index < -0.39 is 0 Å². The molecule has 0 heterocycles. The lowest BCUT2D eigenvalue weighted by molar-refractivity contribution is 0.0989. The summed E-state index contributed by atoms with van der Waals surface area (Å²) < 4.78 is 0.896. The molecule has 0 radical (unpaired) electrons. The van der Waals surface area contributed by atoms with Crippen molar-refractivity contribution >= 4 is 44.3 Å². The third-order valence-corrected chi connectivity index (χ3v) is 3.05. The number of ketones is 1. The van der Waals surface area contributed by atoms with E-state index in [-0.39, 0.29) is 5.78 Å². The first-order chi connectivity index (χ1) is 6.69. The van der Waals surface area contributed by atoms with Gasteiger partial charge in [-0.25, -0.2) is 0 Å². The second-order valence-electron chi connectivity index (χ2n) is 2.67. The molecular formula is C10H7BrINO. The number of nitriles is 1. The Kier molecular flexibility index (Phi) is 4.55. The van der Waals surface area contributed by atoms with E-state index >= 15 is 0 Å². The summed E-state index contributed by atoms with van der Waals surface area (Å²) in [7, 11) is 0. The monoisotopic (exact) mass is 363 g/mol. The Hall–Kier alpha value is -0.410. The van der Waals surface area contributed by atoms with Gasteiger partial charge in [0.1, 0.15) is 0 Å². The van der Waals surface area contributed by atoms with Gasteiger partial charge in [0.05, 0.1) is 11.6 Å². The van der Waals surface area contributed by atoms with Crippen molar-refractivity contribution in [1.82, 2.24) is 0 Å². The highest BCUT2D eigenvalue weighted by atomic mass is 127. The smallest absolute Gasteiger partial charge is 0.164 e.